The van der Waals surface area contributed by atoms with Gasteiger partial charge in [0.25, 0.3) is 0 Å². The monoisotopic (exact) mass is 186 g/mol. The molecule has 3 heteroatoms. The summed E-state index contributed by atoms with van der Waals surface area (Å²) in [5.41, 5.74) is 0. The third-order valence-corrected chi connectivity index (χ3v) is 1.72. The molecule has 0 aliphatic carbocycles. The van der Waals surface area contributed by atoms with Crippen molar-refractivity contribution in [1.82, 2.24) is 10.6 Å². The van der Waals surface area contributed by atoms with Crippen LogP contribution in [0, 0.1) is 0 Å². The van der Waals surface area contributed by atoms with Crippen molar-refractivity contribution in [1.29, 1.82) is 0 Å². The molecule has 0 spiro atoms. The zero-order valence-electron chi connectivity index (χ0n) is 8.64. The van der Waals surface area contributed by atoms with E-state index in [1.165, 1.54) is 6.42 Å². The highest BCUT2D eigenvalue weighted by Gasteiger charge is 1.87. The van der Waals surface area contributed by atoms with Gasteiger partial charge in [0, 0.05) is 26.7 Å². The minimum atomic E-state index is 0.788. The zero-order chi connectivity index (χ0) is 9.78. The van der Waals surface area contributed by atoms with Gasteiger partial charge in [0.2, 0.25) is 0 Å². The lowest BCUT2D eigenvalue weighted by Gasteiger charge is -2.05. The first-order valence-corrected chi connectivity index (χ1v) is 4.93. The maximum Gasteiger partial charge on any atom is 0.0587 e. The number of hydrogen-bond acceptors (Lipinski definition) is 3. The van der Waals surface area contributed by atoms with Gasteiger partial charge >= 0.3 is 0 Å². The lowest BCUT2D eigenvalue weighted by Crippen LogP contribution is -2.29. The van der Waals surface area contributed by atoms with Gasteiger partial charge in [-0.1, -0.05) is 6.08 Å². The summed E-state index contributed by atoms with van der Waals surface area (Å²) in [6.07, 6.45) is 4.24. The van der Waals surface area contributed by atoms with Crippen LogP contribution in [-0.2, 0) is 4.74 Å². The summed E-state index contributed by atoms with van der Waals surface area (Å²) in [5, 5.41) is 6.62. The number of allylic oxidation sites excluding steroid dienone is 1. The molecule has 0 aliphatic heterocycles. The number of ether oxygens (including phenoxy) is 1. The van der Waals surface area contributed by atoms with E-state index >= 15 is 0 Å². The van der Waals surface area contributed by atoms with Crippen molar-refractivity contribution in [3.63, 3.8) is 0 Å². The average molecular weight is 186 g/mol. The molecular weight excluding hydrogens is 164 g/mol. The molecule has 0 radical (unpaired) electrons. The summed E-state index contributed by atoms with van der Waals surface area (Å²) in [7, 11) is 1.72. The van der Waals surface area contributed by atoms with E-state index in [1.54, 1.807) is 7.11 Å². The molecule has 0 saturated carbocycles. The first-order chi connectivity index (χ1) is 6.41. The normalized spacial score (nSPS) is 10.2. The van der Waals surface area contributed by atoms with Crippen LogP contribution in [0.5, 0.6) is 0 Å². The van der Waals surface area contributed by atoms with Crippen molar-refractivity contribution in [2.24, 2.45) is 0 Å². The summed E-state index contributed by atoms with van der Waals surface area (Å²) in [4.78, 5) is 0. The largest absolute Gasteiger partial charge is 0.383 e. The van der Waals surface area contributed by atoms with Gasteiger partial charge in [-0.3, -0.25) is 0 Å². The Morgan fingerprint density at radius 1 is 1.15 bits per heavy atom. The average Bonchev–Trinajstić information content (AvgIpc) is 2.16. The Morgan fingerprint density at radius 3 is 2.46 bits per heavy atom. The summed E-state index contributed by atoms with van der Waals surface area (Å²) >= 11 is 0. The van der Waals surface area contributed by atoms with E-state index in [9.17, 15) is 0 Å². The standard InChI is InChI=1S/C10H22N2O/c1-3-4-5-6-11-7-8-12-9-10-13-2/h3,11-12H,1,4-10H2,2H3. The second-order valence-corrected chi connectivity index (χ2v) is 2.92. The fourth-order valence-corrected chi connectivity index (χ4v) is 0.972. The van der Waals surface area contributed by atoms with E-state index in [-0.39, 0.29) is 0 Å². The Hall–Kier alpha value is -0.380. The lowest BCUT2D eigenvalue weighted by molar-refractivity contribution is 0.199. The first kappa shape index (κ1) is 12.6. The van der Waals surface area contributed by atoms with Crippen LogP contribution in [0.1, 0.15) is 12.8 Å². The molecule has 13 heavy (non-hydrogen) atoms. The van der Waals surface area contributed by atoms with Crippen molar-refractivity contribution in [3.05, 3.63) is 12.7 Å². The molecule has 0 amide bonds. The van der Waals surface area contributed by atoms with E-state index in [1.807, 2.05) is 6.08 Å². The minimum absolute atomic E-state index is 0.788. The molecule has 3 nitrogen and oxygen atoms in total. The van der Waals surface area contributed by atoms with Crippen LogP contribution in [0.4, 0.5) is 0 Å². The molecule has 0 rings (SSSR count). The van der Waals surface area contributed by atoms with E-state index in [0.29, 0.717) is 0 Å². The minimum Gasteiger partial charge on any atom is -0.383 e. The summed E-state index contributed by atoms with van der Waals surface area (Å²) < 4.78 is 4.91. The molecule has 0 bridgehead atoms. The Balaban J connectivity index is 2.79. The molecule has 0 atom stereocenters. The molecule has 0 heterocycles. The topological polar surface area (TPSA) is 33.3 Å². The third kappa shape index (κ3) is 11.6. The number of hydrogen-bond donors (Lipinski definition) is 2. The number of methoxy groups -OCH3 is 1. The van der Waals surface area contributed by atoms with Crippen molar-refractivity contribution in [3.8, 4) is 0 Å². The molecule has 2 N–H and O–H groups in total. The Bertz CT molecular complexity index is 107. The van der Waals surface area contributed by atoms with Crippen LogP contribution >= 0.6 is 0 Å². The van der Waals surface area contributed by atoms with Crippen LogP contribution in [0.2, 0.25) is 0 Å². The molecule has 0 aliphatic rings. The number of nitrogens with one attached hydrogen (secondary N) is 2. The van der Waals surface area contributed by atoms with Gasteiger partial charge in [0.15, 0.2) is 0 Å². The SMILES string of the molecule is C=CCCCNCCNCCOC. The third-order valence-electron chi connectivity index (χ3n) is 1.72. The Kier molecular flexibility index (Phi) is 11.3. The number of rotatable bonds is 10. The summed E-state index contributed by atoms with van der Waals surface area (Å²) in [6, 6.07) is 0. The predicted octanol–water partition coefficient (Wildman–Crippen LogP) is 0.778. The molecular formula is C10H22N2O. The highest BCUT2D eigenvalue weighted by molar-refractivity contribution is 4.66. The highest BCUT2D eigenvalue weighted by Crippen LogP contribution is 1.84. The predicted molar refractivity (Wildman–Crippen MR) is 57.0 cm³/mol. The van der Waals surface area contributed by atoms with E-state index in [2.05, 4.69) is 17.2 Å². The maximum absolute atomic E-state index is 4.91. The molecule has 78 valence electrons. The van der Waals surface area contributed by atoms with Gasteiger partial charge in [0.05, 0.1) is 6.61 Å². The van der Waals surface area contributed by atoms with Crippen molar-refractivity contribution in [2.45, 2.75) is 12.8 Å². The van der Waals surface area contributed by atoms with Crippen molar-refractivity contribution in [2.75, 3.05) is 39.9 Å². The van der Waals surface area contributed by atoms with Crippen LogP contribution < -0.4 is 10.6 Å². The van der Waals surface area contributed by atoms with Gasteiger partial charge in [-0.05, 0) is 19.4 Å². The highest BCUT2D eigenvalue weighted by atomic mass is 16.5. The molecule has 0 aromatic carbocycles. The van der Waals surface area contributed by atoms with Gasteiger partial charge in [0.1, 0.15) is 0 Å². The smallest absolute Gasteiger partial charge is 0.0587 e. The fourth-order valence-electron chi connectivity index (χ4n) is 0.972. The maximum atomic E-state index is 4.91. The van der Waals surface area contributed by atoms with Gasteiger partial charge < -0.3 is 15.4 Å². The Labute approximate surface area is 81.5 Å². The van der Waals surface area contributed by atoms with Crippen LogP contribution in [0.3, 0.4) is 0 Å². The number of unbranched alkanes of at least 4 members (excludes halogenated alkanes) is 1. The van der Waals surface area contributed by atoms with E-state index in [0.717, 1.165) is 39.2 Å². The molecule has 0 aromatic heterocycles. The van der Waals surface area contributed by atoms with Crippen LogP contribution in [-0.4, -0.2) is 39.9 Å². The summed E-state index contributed by atoms with van der Waals surface area (Å²) in [5.74, 6) is 0. The van der Waals surface area contributed by atoms with Gasteiger partial charge in [-0.2, -0.15) is 0 Å². The molecule has 0 fully saturated rings. The molecule has 0 unspecified atom stereocenters. The second-order valence-electron chi connectivity index (χ2n) is 2.92. The Morgan fingerprint density at radius 2 is 1.85 bits per heavy atom. The second kappa shape index (κ2) is 11.6. The van der Waals surface area contributed by atoms with Crippen LogP contribution in [0.15, 0.2) is 12.7 Å². The zero-order valence-corrected chi connectivity index (χ0v) is 8.64. The molecule has 0 saturated heterocycles. The summed E-state index contributed by atoms with van der Waals surface area (Å²) in [6.45, 7) is 8.52. The van der Waals surface area contributed by atoms with Crippen LogP contribution in [0.25, 0.3) is 0 Å². The molecule has 0 aromatic rings. The van der Waals surface area contributed by atoms with E-state index < -0.39 is 0 Å². The quantitative estimate of drug-likeness (QED) is 0.391. The van der Waals surface area contributed by atoms with Gasteiger partial charge in [-0.25, -0.2) is 0 Å². The van der Waals surface area contributed by atoms with Crippen molar-refractivity contribution >= 4 is 0 Å². The van der Waals surface area contributed by atoms with E-state index in [4.69, 9.17) is 4.74 Å². The van der Waals surface area contributed by atoms with Crippen molar-refractivity contribution < 1.29 is 4.74 Å². The lowest BCUT2D eigenvalue weighted by atomic mass is 10.3. The first-order valence-electron chi connectivity index (χ1n) is 4.93. The fraction of sp³-hybridized carbons (Fsp3) is 0.800. The van der Waals surface area contributed by atoms with Gasteiger partial charge in [-0.15, -0.1) is 6.58 Å².